The summed E-state index contributed by atoms with van der Waals surface area (Å²) in [4.78, 5) is 0. The van der Waals surface area contributed by atoms with Gasteiger partial charge in [-0.25, -0.2) is 0 Å². The molecule has 5 aliphatic rings. The average molecular weight is 1470 g/mol. The summed E-state index contributed by atoms with van der Waals surface area (Å²) in [5, 5.41) is 0. The molecule has 4 aromatic rings. The van der Waals surface area contributed by atoms with Crippen molar-refractivity contribution in [2.75, 3.05) is 12.3 Å². The normalized spacial score (nSPS) is 18.5. The number of allylic oxidation sites excluding steroid dienone is 4. The van der Waals surface area contributed by atoms with Crippen LogP contribution in [0.3, 0.4) is 0 Å². The average Bonchev–Trinajstić information content (AvgIpc) is 0.709. The van der Waals surface area contributed by atoms with Gasteiger partial charge in [0, 0.05) is 35.3 Å². The summed E-state index contributed by atoms with van der Waals surface area (Å²) in [6, 6.07) is -8.81. The van der Waals surface area contributed by atoms with Gasteiger partial charge in [0.1, 0.15) is 6.15 Å². The van der Waals surface area contributed by atoms with Crippen molar-refractivity contribution in [2.24, 2.45) is 0 Å². The monoisotopic (exact) mass is 1470 g/mol. The largest absolute Gasteiger partial charge is 0.416 e. The molecule has 0 atom stereocenters. The molecular formula is C64H70BF24P2Rh+. The van der Waals surface area contributed by atoms with Gasteiger partial charge in [0.05, 0.1) is 79.5 Å². The molecule has 0 unspecified atom stereocenters. The molecule has 28 heteroatoms. The maximum atomic E-state index is 14.2. The molecule has 1 radical (unpaired) electrons. The van der Waals surface area contributed by atoms with Gasteiger partial charge in [-0.3, -0.25) is 0 Å². The Morgan fingerprint density at radius 2 is 0.424 bits per heavy atom. The van der Waals surface area contributed by atoms with Crippen LogP contribution >= 0.6 is 15.8 Å². The summed E-state index contributed by atoms with van der Waals surface area (Å²) in [7, 11) is -0.182. The summed E-state index contributed by atoms with van der Waals surface area (Å²) >= 11 is 0. The number of halogens is 24. The van der Waals surface area contributed by atoms with E-state index in [0.717, 1.165) is 0 Å². The predicted octanol–water partition coefficient (Wildman–Crippen LogP) is 21.9. The molecule has 92 heavy (non-hydrogen) atoms. The minimum atomic E-state index is -6.13. The first-order valence-corrected chi connectivity index (χ1v) is 34.3. The number of hydrogen-bond donors (Lipinski definition) is 0. The fourth-order valence-corrected chi connectivity index (χ4v) is 24.2. The zero-order chi connectivity index (χ0) is 67.2. The zero-order valence-corrected chi connectivity index (χ0v) is 53.1. The second-order valence-electron chi connectivity index (χ2n) is 24.6. The van der Waals surface area contributed by atoms with Crippen LogP contribution in [0.1, 0.15) is 186 Å². The van der Waals surface area contributed by atoms with Gasteiger partial charge in [0.15, 0.2) is 0 Å². The van der Waals surface area contributed by atoms with Crippen LogP contribution in [0, 0.1) is 0 Å². The van der Waals surface area contributed by atoms with Crippen LogP contribution in [0.2, 0.25) is 0 Å². The van der Waals surface area contributed by atoms with Crippen molar-refractivity contribution in [3.05, 3.63) is 142 Å². The van der Waals surface area contributed by atoms with Gasteiger partial charge in [-0.2, -0.15) is 127 Å². The van der Waals surface area contributed by atoms with E-state index in [1.165, 1.54) is 35.5 Å². The van der Waals surface area contributed by atoms with Crippen molar-refractivity contribution in [3.63, 3.8) is 0 Å². The Kier molecular flexibility index (Phi) is 26.2. The van der Waals surface area contributed by atoms with Crippen LogP contribution in [0.4, 0.5) is 105 Å². The Morgan fingerprint density at radius 3 is 0.554 bits per heavy atom. The number of hydrogen-bond acceptors (Lipinski definition) is 0. The summed E-state index contributed by atoms with van der Waals surface area (Å²) in [5.74, 6) is 0. The van der Waals surface area contributed by atoms with E-state index in [4.69, 9.17) is 0 Å². The van der Waals surface area contributed by atoms with Crippen molar-refractivity contribution in [3.8, 4) is 0 Å². The fraction of sp³-hybridized carbons (Fsp3) is 0.562. The van der Waals surface area contributed by atoms with E-state index in [2.05, 4.69) is 24.3 Å². The first-order chi connectivity index (χ1) is 42.2. The van der Waals surface area contributed by atoms with E-state index in [-0.39, 0.29) is 35.3 Å². The van der Waals surface area contributed by atoms with Crippen LogP contribution in [0.25, 0.3) is 0 Å². The summed E-state index contributed by atoms with van der Waals surface area (Å²) in [6.07, 6.45) is -8.34. The van der Waals surface area contributed by atoms with Crippen LogP contribution < -0.4 is 21.9 Å². The van der Waals surface area contributed by atoms with Crippen LogP contribution in [0.15, 0.2) is 97.1 Å². The number of rotatable bonds is 11. The maximum Gasteiger partial charge on any atom is 0.416 e. The van der Waals surface area contributed by atoms with Crippen LogP contribution in [-0.4, -0.2) is 41.1 Å². The van der Waals surface area contributed by atoms with E-state index < -0.39 is 195 Å². The SMILES string of the molecule is C1=CCCC=C1.C1CCC([PH+](CC[PH+](C2CCCCC2)C2CCCCC2)C2CCCCC2)CC1.FC(F)(F)c1cc([B-](c2cc(C(F)(F)F)cc(C(F)(F)F)c2)(c2cc(C(F)(F)F)cc(C(F)(F)F)c2)c2cc(C(F)(F)F)cc(C(F)(F)F)c2)cc(C(F)(F)F)c1.[Rh]. The van der Waals surface area contributed by atoms with E-state index in [1.54, 1.807) is 141 Å². The molecule has 515 valence electrons. The Bertz CT molecular complexity index is 2550. The molecule has 0 amide bonds. The fourth-order valence-electron chi connectivity index (χ4n) is 14.3. The summed E-state index contributed by atoms with van der Waals surface area (Å²) < 4.78 is 341. The smallest absolute Gasteiger partial charge is 0.194 e. The number of benzene rings is 4. The molecule has 4 aromatic carbocycles. The van der Waals surface area contributed by atoms with E-state index in [1.807, 2.05) is 0 Å². The third-order valence-corrected chi connectivity index (χ3v) is 27.2. The Hall–Kier alpha value is -3.77. The summed E-state index contributed by atoms with van der Waals surface area (Å²) in [6.45, 7) is 0. The third-order valence-electron chi connectivity index (χ3n) is 18.5. The standard InChI is InChI=1S/C32H12BF24.C26H48P2.C6H8.Rh/c34-25(35,36)13-1-14(26(37,38)39)6-21(5-13)33(22-7-15(27(40,41)42)2-16(8-22)28(43,44)45,23-9-17(29(46,47)48)3-18(10-23)30(49,50)51)24-11-19(31(52,53)54)4-20(12-24)32(55,56)57;1-5-13-23(14-6-1)27(24-15-7-2-8-16-24)21-22-28(25-17-9-3-10-18-25)26-19-11-4-12-20-26;1-2-4-6-5-3-1;/h1-12H;23-26H,1-22H2;1-4H,5-6H2;/q-1;;;/p+2. The Balaban J connectivity index is 0.000000314. The van der Waals surface area contributed by atoms with Crippen molar-refractivity contribution < 1.29 is 125 Å². The molecule has 4 fully saturated rings. The van der Waals surface area contributed by atoms with E-state index in [0.29, 0.717) is 0 Å². The Morgan fingerprint density at radius 1 is 0.261 bits per heavy atom. The molecule has 9 rings (SSSR count). The van der Waals surface area contributed by atoms with E-state index >= 15 is 0 Å². The van der Waals surface area contributed by atoms with Gasteiger partial charge in [0.25, 0.3) is 0 Å². The maximum absolute atomic E-state index is 14.2. The second kappa shape index (κ2) is 31.2. The second-order valence-corrected chi connectivity index (χ2v) is 31.2. The van der Waals surface area contributed by atoms with Crippen LogP contribution in [0.5, 0.6) is 0 Å². The zero-order valence-electron chi connectivity index (χ0n) is 49.5. The van der Waals surface area contributed by atoms with Crippen LogP contribution in [-0.2, 0) is 68.9 Å². The Labute approximate surface area is 533 Å². The van der Waals surface area contributed by atoms with Gasteiger partial charge in [-0.1, -0.05) is 98.5 Å². The number of alkyl halides is 24. The van der Waals surface area contributed by atoms with E-state index in [9.17, 15) is 105 Å². The third kappa shape index (κ3) is 20.4. The minimum Gasteiger partial charge on any atom is -0.194 e. The van der Waals surface area contributed by atoms with Crippen molar-refractivity contribution in [2.45, 2.75) is 213 Å². The first kappa shape index (κ1) is 77.2. The molecule has 0 spiro atoms. The van der Waals surface area contributed by atoms with Gasteiger partial charge in [0.2, 0.25) is 0 Å². The first-order valence-electron chi connectivity index (χ1n) is 30.6. The molecule has 5 aliphatic carbocycles. The molecule has 0 bridgehead atoms. The molecule has 0 saturated heterocycles. The van der Waals surface area contributed by atoms with Crippen molar-refractivity contribution in [1.29, 1.82) is 0 Å². The molecular weight excluding hydrogens is 1400 g/mol. The predicted molar refractivity (Wildman–Crippen MR) is 311 cm³/mol. The van der Waals surface area contributed by atoms with Gasteiger partial charge >= 0.3 is 49.4 Å². The van der Waals surface area contributed by atoms with Gasteiger partial charge < -0.3 is 0 Å². The molecule has 0 nitrogen and oxygen atoms in total. The van der Waals surface area contributed by atoms with Crippen molar-refractivity contribution in [1.82, 2.24) is 0 Å². The molecule has 0 aromatic heterocycles. The summed E-state index contributed by atoms with van der Waals surface area (Å²) in [5.41, 5.74) is -25.3. The van der Waals surface area contributed by atoms with Crippen molar-refractivity contribution >= 4 is 43.8 Å². The van der Waals surface area contributed by atoms with Gasteiger partial charge in [-0.15, -0.1) is 0 Å². The molecule has 4 saturated carbocycles. The molecule has 0 aliphatic heterocycles. The topological polar surface area (TPSA) is 0 Å². The quantitative estimate of drug-likeness (QED) is 0.0798. The van der Waals surface area contributed by atoms with Gasteiger partial charge in [-0.05, 0) is 140 Å². The minimum absolute atomic E-state index is 0. The molecule has 0 heterocycles. The molecule has 0 N–H and O–H groups in total.